The highest BCUT2D eigenvalue weighted by atomic mass is 79.9. The Morgan fingerprint density at radius 2 is 2.13 bits per heavy atom. The molecule has 82 valence electrons. The standard InChI is InChI=1S/C10H9BrF3N/c11-6-2-1-4-8-5-3-7-15-9(8)10(12,13)14/h1,3-5,7H,2,6H2. The number of rotatable bonds is 3. The van der Waals surface area contributed by atoms with E-state index in [1.165, 1.54) is 18.2 Å². The summed E-state index contributed by atoms with van der Waals surface area (Å²) in [6.07, 6.45) is 0.560. The highest BCUT2D eigenvalue weighted by Crippen LogP contribution is 2.30. The summed E-state index contributed by atoms with van der Waals surface area (Å²) in [4.78, 5) is 3.34. The summed E-state index contributed by atoms with van der Waals surface area (Å²) in [6, 6.07) is 2.89. The molecule has 0 atom stereocenters. The van der Waals surface area contributed by atoms with Crippen molar-refractivity contribution in [1.82, 2.24) is 4.98 Å². The Labute approximate surface area is 94.2 Å². The maximum absolute atomic E-state index is 12.5. The second-order valence-electron chi connectivity index (χ2n) is 2.82. The van der Waals surface area contributed by atoms with Gasteiger partial charge in [0.2, 0.25) is 0 Å². The Bertz CT molecular complexity index is 347. The van der Waals surface area contributed by atoms with Crippen LogP contribution in [-0.2, 0) is 6.18 Å². The maximum atomic E-state index is 12.5. The number of halogens is 4. The molecule has 0 N–H and O–H groups in total. The largest absolute Gasteiger partial charge is 0.433 e. The number of hydrogen-bond donors (Lipinski definition) is 0. The number of aromatic nitrogens is 1. The van der Waals surface area contributed by atoms with Gasteiger partial charge in [-0.25, -0.2) is 0 Å². The van der Waals surface area contributed by atoms with Gasteiger partial charge in [0.15, 0.2) is 5.69 Å². The minimum atomic E-state index is -4.39. The zero-order chi connectivity index (χ0) is 11.3. The quantitative estimate of drug-likeness (QED) is 0.765. The summed E-state index contributed by atoms with van der Waals surface area (Å²) >= 11 is 3.19. The van der Waals surface area contributed by atoms with Gasteiger partial charge in [-0.05, 0) is 12.5 Å². The van der Waals surface area contributed by atoms with E-state index in [-0.39, 0.29) is 5.56 Å². The minimum Gasteiger partial charge on any atom is -0.251 e. The molecule has 0 saturated carbocycles. The normalized spacial score (nSPS) is 12.3. The van der Waals surface area contributed by atoms with Gasteiger partial charge in [0, 0.05) is 17.1 Å². The molecule has 0 amide bonds. The van der Waals surface area contributed by atoms with E-state index in [9.17, 15) is 13.2 Å². The Balaban J connectivity index is 2.97. The number of hydrogen-bond acceptors (Lipinski definition) is 1. The van der Waals surface area contributed by atoms with Crippen molar-refractivity contribution in [2.75, 3.05) is 5.33 Å². The monoisotopic (exact) mass is 279 g/mol. The van der Waals surface area contributed by atoms with Gasteiger partial charge in [-0.3, -0.25) is 4.98 Å². The molecule has 1 nitrogen and oxygen atoms in total. The fraction of sp³-hybridized carbons (Fsp3) is 0.300. The smallest absolute Gasteiger partial charge is 0.251 e. The second kappa shape index (κ2) is 5.30. The molecule has 1 aromatic heterocycles. The van der Waals surface area contributed by atoms with E-state index in [0.717, 1.165) is 11.5 Å². The highest BCUT2D eigenvalue weighted by Gasteiger charge is 2.34. The third-order valence-corrected chi connectivity index (χ3v) is 2.14. The topological polar surface area (TPSA) is 12.9 Å². The predicted octanol–water partition coefficient (Wildman–Crippen LogP) is 3.90. The summed E-state index contributed by atoms with van der Waals surface area (Å²) in [5.41, 5.74) is -0.734. The summed E-state index contributed by atoms with van der Waals surface area (Å²) in [5.74, 6) is 0. The molecule has 1 rings (SSSR count). The Hall–Kier alpha value is -0.840. The number of nitrogens with zero attached hydrogens (tertiary/aromatic N) is 1. The fourth-order valence-corrected chi connectivity index (χ4v) is 1.33. The second-order valence-corrected chi connectivity index (χ2v) is 3.61. The van der Waals surface area contributed by atoms with Gasteiger partial charge in [0.05, 0.1) is 0 Å². The van der Waals surface area contributed by atoms with Gasteiger partial charge < -0.3 is 0 Å². The Morgan fingerprint density at radius 1 is 1.40 bits per heavy atom. The van der Waals surface area contributed by atoms with Crippen LogP contribution in [0.3, 0.4) is 0 Å². The molecule has 0 spiro atoms. The van der Waals surface area contributed by atoms with E-state index >= 15 is 0 Å². The van der Waals surface area contributed by atoms with Crippen LogP contribution in [0.2, 0.25) is 0 Å². The molecule has 0 unspecified atom stereocenters. The lowest BCUT2D eigenvalue weighted by Gasteiger charge is -2.07. The molecule has 0 aromatic carbocycles. The van der Waals surface area contributed by atoms with Crippen LogP contribution in [0.4, 0.5) is 13.2 Å². The molecule has 5 heteroatoms. The van der Waals surface area contributed by atoms with Gasteiger partial charge in [-0.1, -0.05) is 34.1 Å². The third kappa shape index (κ3) is 3.66. The molecule has 0 aliphatic rings. The Morgan fingerprint density at radius 3 is 2.73 bits per heavy atom. The van der Waals surface area contributed by atoms with Crippen LogP contribution in [0, 0.1) is 0 Å². The van der Waals surface area contributed by atoms with Gasteiger partial charge in [0.1, 0.15) is 0 Å². The fourth-order valence-electron chi connectivity index (χ4n) is 1.06. The van der Waals surface area contributed by atoms with Crippen molar-refractivity contribution < 1.29 is 13.2 Å². The maximum Gasteiger partial charge on any atom is 0.433 e. The summed E-state index contributed by atoms with van der Waals surface area (Å²) in [7, 11) is 0. The van der Waals surface area contributed by atoms with E-state index in [2.05, 4.69) is 20.9 Å². The zero-order valence-electron chi connectivity index (χ0n) is 7.76. The molecule has 1 aromatic rings. The third-order valence-electron chi connectivity index (χ3n) is 1.68. The van der Waals surface area contributed by atoms with Crippen LogP contribution in [0.15, 0.2) is 24.4 Å². The molecule has 0 bridgehead atoms. The zero-order valence-corrected chi connectivity index (χ0v) is 9.35. The van der Waals surface area contributed by atoms with Gasteiger partial charge in [-0.2, -0.15) is 13.2 Å². The van der Waals surface area contributed by atoms with Crippen molar-refractivity contribution in [3.8, 4) is 0 Å². The molecule has 0 aliphatic heterocycles. The minimum absolute atomic E-state index is 0.103. The molecule has 0 fully saturated rings. The van der Waals surface area contributed by atoms with E-state index in [1.54, 1.807) is 6.08 Å². The van der Waals surface area contributed by atoms with Crippen molar-refractivity contribution in [1.29, 1.82) is 0 Å². The molecular formula is C10H9BrF3N. The van der Waals surface area contributed by atoms with Crippen LogP contribution < -0.4 is 0 Å². The van der Waals surface area contributed by atoms with Gasteiger partial charge in [0.25, 0.3) is 0 Å². The van der Waals surface area contributed by atoms with Crippen LogP contribution in [0.5, 0.6) is 0 Å². The molecule has 0 radical (unpaired) electrons. The van der Waals surface area contributed by atoms with E-state index in [4.69, 9.17) is 0 Å². The van der Waals surface area contributed by atoms with E-state index in [0.29, 0.717) is 6.42 Å². The first kappa shape index (κ1) is 12.2. The van der Waals surface area contributed by atoms with Gasteiger partial charge in [-0.15, -0.1) is 0 Å². The predicted molar refractivity (Wildman–Crippen MR) is 56.7 cm³/mol. The highest BCUT2D eigenvalue weighted by molar-refractivity contribution is 9.09. The summed E-state index contributed by atoms with van der Waals surface area (Å²) < 4.78 is 37.4. The number of pyridine rings is 1. The van der Waals surface area contributed by atoms with E-state index in [1.807, 2.05) is 0 Å². The molecule has 0 aliphatic carbocycles. The lowest BCUT2D eigenvalue weighted by Crippen LogP contribution is -2.09. The molecular weight excluding hydrogens is 271 g/mol. The first-order chi connectivity index (χ1) is 7.05. The van der Waals surface area contributed by atoms with Crippen molar-refractivity contribution >= 4 is 22.0 Å². The average Bonchev–Trinajstić information content (AvgIpc) is 2.17. The number of allylic oxidation sites excluding steroid dienone is 1. The lowest BCUT2D eigenvalue weighted by molar-refractivity contribution is -0.141. The van der Waals surface area contributed by atoms with Crippen molar-refractivity contribution in [2.24, 2.45) is 0 Å². The van der Waals surface area contributed by atoms with Crippen LogP contribution in [-0.4, -0.2) is 10.3 Å². The Kier molecular flexibility index (Phi) is 4.32. The molecule has 15 heavy (non-hydrogen) atoms. The molecule has 0 saturated heterocycles. The molecule has 1 heterocycles. The van der Waals surface area contributed by atoms with Crippen molar-refractivity contribution in [2.45, 2.75) is 12.6 Å². The van der Waals surface area contributed by atoms with Crippen LogP contribution in [0.1, 0.15) is 17.7 Å². The summed E-state index contributed by atoms with van der Waals surface area (Å²) in [6.45, 7) is 0. The first-order valence-corrected chi connectivity index (χ1v) is 5.42. The summed E-state index contributed by atoms with van der Waals surface area (Å²) in [5, 5.41) is 0.727. The SMILES string of the molecule is FC(F)(F)c1ncccc1C=CCCBr. The number of alkyl halides is 4. The first-order valence-electron chi connectivity index (χ1n) is 4.30. The van der Waals surface area contributed by atoms with Crippen LogP contribution >= 0.6 is 15.9 Å². The lowest BCUT2D eigenvalue weighted by atomic mass is 10.1. The van der Waals surface area contributed by atoms with E-state index < -0.39 is 11.9 Å². The van der Waals surface area contributed by atoms with Crippen LogP contribution in [0.25, 0.3) is 6.08 Å². The van der Waals surface area contributed by atoms with Crippen molar-refractivity contribution in [3.05, 3.63) is 35.7 Å². The van der Waals surface area contributed by atoms with Crippen molar-refractivity contribution in [3.63, 3.8) is 0 Å². The average molecular weight is 280 g/mol. The van der Waals surface area contributed by atoms with Gasteiger partial charge >= 0.3 is 6.18 Å².